The molecule has 0 saturated carbocycles. The minimum Gasteiger partial charge on any atom is -0.509 e. The molecule has 0 amide bonds. The van der Waals surface area contributed by atoms with Crippen LogP contribution in [0.15, 0.2) is 187 Å². The van der Waals surface area contributed by atoms with Crippen molar-refractivity contribution in [2.75, 3.05) is 9.80 Å². The van der Waals surface area contributed by atoms with E-state index in [-0.39, 0.29) is 48.1 Å². The molecule has 0 aliphatic carbocycles. The van der Waals surface area contributed by atoms with Gasteiger partial charge in [0, 0.05) is 83.0 Å². The quantitative estimate of drug-likeness (QED) is 0.128. The van der Waals surface area contributed by atoms with E-state index >= 15 is 0 Å². The molecule has 3 heterocycles. The third-order valence-corrected chi connectivity index (χ3v) is 14.8. The van der Waals surface area contributed by atoms with Gasteiger partial charge in [0.1, 0.15) is 5.82 Å². The van der Waals surface area contributed by atoms with Gasteiger partial charge < -0.3 is 19.1 Å². The largest absolute Gasteiger partial charge is 0.509 e. The Morgan fingerprint density at radius 2 is 1.03 bits per heavy atom. The Balaban J connectivity index is 0.00000672. The number of nitrogens with zero attached hydrogens (tertiary/aromatic N) is 4. The van der Waals surface area contributed by atoms with Gasteiger partial charge in [0.15, 0.2) is 0 Å². The Labute approximate surface area is 455 Å². The first kappa shape index (κ1) is 52.2. The molecule has 0 unspecified atom stereocenters. The van der Waals surface area contributed by atoms with Crippen molar-refractivity contribution in [3.63, 3.8) is 0 Å². The smallest absolute Gasteiger partial charge is 0.135 e. The van der Waals surface area contributed by atoms with Crippen molar-refractivity contribution in [3.05, 3.63) is 234 Å². The molecule has 6 heteroatoms. The van der Waals surface area contributed by atoms with Gasteiger partial charge in [-0.05, 0) is 74.5 Å². The first-order valence-corrected chi connectivity index (χ1v) is 25.8. The Bertz CT molecular complexity index is 3510. The number of anilines is 2. The molecule has 380 valence electrons. The molecule has 0 atom stereocenters. The molecule has 0 bridgehead atoms. The van der Waals surface area contributed by atoms with E-state index in [1.54, 1.807) is 0 Å². The van der Waals surface area contributed by atoms with Crippen molar-refractivity contribution in [3.8, 4) is 28.4 Å². The average Bonchev–Trinajstić information content (AvgIpc) is 3.95. The van der Waals surface area contributed by atoms with Gasteiger partial charge in [-0.25, -0.2) is 4.98 Å². The molecular formula is C68H69N4OPt-3. The molecule has 1 aliphatic rings. The Hall–Kier alpha value is -6.68. The minimum absolute atomic E-state index is 0. The third-order valence-electron chi connectivity index (χ3n) is 14.8. The summed E-state index contributed by atoms with van der Waals surface area (Å²) in [5, 5.41) is 2.20. The van der Waals surface area contributed by atoms with E-state index in [0.29, 0.717) is 11.5 Å². The number of aromatic nitrogens is 2. The molecule has 10 rings (SSSR count). The van der Waals surface area contributed by atoms with Crippen LogP contribution in [0.1, 0.15) is 118 Å². The van der Waals surface area contributed by atoms with E-state index in [2.05, 4.69) is 293 Å². The number of hydrogen-bond donors (Lipinski definition) is 0. The maximum Gasteiger partial charge on any atom is 0.135 e. The number of fused-ring (bicyclic) bond motifs is 3. The van der Waals surface area contributed by atoms with Crippen LogP contribution in [-0.4, -0.2) is 9.55 Å². The summed E-state index contributed by atoms with van der Waals surface area (Å²) in [6.07, 6.45) is 1.94. The van der Waals surface area contributed by atoms with Crippen molar-refractivity contribution < 1.29 is 25.8 Å². The number of pyridine rings is 1. The van der Waals surface area contributed by atoms with E-state index in [1.807, 2.05) is 6.20 Å². The van der Waals surface area contributed by atoms with Gasteiger partial charge in [0.05, 0.1) is 0 Å². The van der Waals surface area contributed by atoms with E-state index in [0.717, 1.165) is 50.1 Å². The molecule has 7 aromatic carbocycles. The molecule has 0 fully saturated rings. The van der Waals surface area contributed by atoms with Crippen molar-refractivity contribution in [2.24, 2.45) is 10.8 Å². The van der Waals surface area contributed by atoms with Crippen LogP contribution in [0.3, 0.4) is 0 Å². The summed E-state index contributed by atoms with van der Waals surface area (Å²) >= 11 is 0. The van der Waals surface area contributed by atoms with Gasteiger partial charge in [-0.2, -0.15) is 6.07 Å². The van der Waals surface area contributed by atoms with E-state index < -0.39 is 0 Å². The maximum absolute atomic E-state index is 7.07. The van der Waals surface area contributed by atoms with E-state index in [1.165, 1.54) is 39.2 Å². The average molecular weight is 1150 g/mol. The van der Waals surface area contributed by atoms with Crippen LogP contribution in [0.2, 0.25) is 0 Å². The summed E-state index contributed by atoms with van der Waals surface area (Å²) in [6.45, 7) is 32.1. The number of hydrogen-bond acceptors (Lipinski definition) is 4. The van der Waals surface area contributed by atoms with Gasteiger partial charge in [0.2, 0.25) is 0 Å². The van der Waals surface area contributed by atoms with Gasteiger partial charge >= 0.3 is 0 Å². The second-order valence-corrected chi connectivity index (χ2v) is 24.0. The van der Waals surface area contributed by atoms with E-state index in [9.17, 15) is 0 Å². The van der Waals surface area contributed by atoms with Crippen LogP contribution in [0.4, 0.5) is 11.4 Å². The Morgan fingerprint density at radius 1 is 0.446 bits per heavy atom. The molecule has 0 saturated heterocycles. The summed E-state index contributed by atoms with van der Waals surface area (Å²) < 4.78 is 9.33. The van der Waals surface area contributed by atoms with Crippen LogP contribution in [-0.2, 0) is 37.3 Å². The summed E-state index contributed by atoms with van der Waals surface area (Å²) in [4.78, 5) is 9.84. The third kappa shape index (κ3) is 9.89. The molecule has 9 aromatic rings. The normalized spacial score (nSPS) is 13.7. The molecule has 2 aromatic heterocycles. The zero-order chi connectivity index (χ0) is 51.7. The Kier molecular flexibility index (Phi) is 13.8. The van der Waals surface area contributed by atoms with Crippen LogP contribution >= 0.6 is 0 Å². The predicted octanol–water partition coefficient (Wildman–Crippen LogP) is 17.9. The van der Waals surface area contributed by atoms with Crippen LogP contribution < -0.4 is 14.5 Å². The first-order chi connectivity index (χ1) is 34.6. The maximum atomic E-state index is 7.07. The number of ether oxygens (including phenoxy) is 1. The summed E-state index contributed by atoms with van der Waals surface area (Å²) in [7, 11) is 0. The van der Waals surface area contributed by atoms with Gasteiger partial charge in [0.25, 0.3) is 0 Å². The van der Waals surface area contributed by atoms with Gasteiger partial charge in [-0.3, -0.25) is 0 Å². The zero-order valence-electron chi connectivity index (χ0n) is 45.3. The van der Waals surface area contributed by atoms with Gasteiger partial charge in [-0.1, -0.05) is 211 Å². The zero-order valence-corrected chi connectivity index (χ0v) is 47.6. The standard InChI is InChI=1S/C68H69N4O.Pt/c1-64(2,3)50-30-23-31-53(40-50)70-45-71(63(66(7,8)9)62(70)65(4,5)6)54-38-47(46-24-17-14-18-25-46)39-56(43-54)73-55-33-34-57-58-41-51(67(10,11)48-26-19-15-20-27-48)32-35-59(58)72(60(57)44-55)61-42-52(36-37-69-61)68(12,13)49-28-21-16-22-29-49;/h14-42,45H,1-13H3;/q-3;. The first-order valence-electron chi connectivity index (χ1n) is 25.8. The molecule has 0 N–H and O–H groups in total. The van der Waals surface area contributed by atoms with Crippen LogP contribution in [0.5, 0.6) is 11.5 Å². The second-order valence-electron chi connectivity index (χ2n) is 24.0. The fraction of sp³-hybridized carbons (Fsp3) is 0.265. The van der Waals surface area contributed by atoms with E-state index in [4.69, 9.17) is 9.72 Å². The molecule has 0 spiro atoms. The number of rotatable bonds is 10. The summed E-state index contributed by atoms with van der Waals surface area (Å²) in [5.41, 5.74) is 13.8. The fourth-order valence-electron chi connectivity index (χ4n) is 10.6. The van der Waals surface area contributed by atoms with Crippen molar-refractivity contribution >= 4 is 33.2 Å². The molecule has 74 heavy (non-hydrogen) atoms. The number of allylic oxidation sites excluding steroid dienone is 2. The molecule has 5 nitrogen and oxygen atoms in total. The van der Waals surface area contributed by atoms with Crippen molar-refractivity contribution in [1.82, 2.24) is 9.55 Å². The molecule has 1 aliphatic heterocycles. The number of benzene rings is 7. The van der Waals surface area contributed by atoms with Crippen LogP contribution in [0.25, 0.3) is 38.8 Å². The summed E-state index contributed by atoms with van der Waals surface area (Å²) in [6, 6.07) is 68.5. The second kappa shape index (κ2) is 19.5. The SMILES string of the molecule is CC(C)(C)C1=C(C(C)(C)C)N(c2cccc(C(C)(C)C)c2)[CH-]N1c1[c-]c(Oc2[c-]c3c(cc2)c2cc(C(C)(C)c4ccccc4)ccc2n3-c2cc(C(C)(C)c3ccccc3)ccn2)cc(-c2ccccc2)c1.[Pt]. The molecular weight excluding hydrogens is 1080 g/mol. The summed E-state index contributed by atoms with van der Waals surface area (Å²) in [5.74, 6) is 2.00. The minimum atomic E-state index is -0.268. The predicted molar refractivity (Wildman–Crippen MR) is 306 cm³/mol. The molecule has 0 radical (unpaired) electrons. The van der Waals surface area contributed by atoms with Crippen molar-refractivity contribution in [1.29, 1.82) is 0 Å². The van der Waals surface area contributed by atoms with Crippen molar-refractivity contribution in [2.45, 2.75) is 106 Å². The fourth-order valence-corrected chi connectivity index (χ4v) is 10.6. The topological polar surface area (TPSA) is 33.5 Å². The van der Waals surface area contributed by atoms with Crippen LogP contribution in [0, 0.1) is 29.6 Å². The monoisotopic (exact) mass is 1150 g/mol. The van der Waals surface area contributed by atoms with Gasteiger partial charge in [-0.15, -0.1) is 53.6 Å². The Morgan fingerprint density at radius 3 is 1.64 bits per heavy atom.